The molecular weight excluding hydrogens is 337 g/mol. The molecule has 1 saturated carbocycles. The van der Waals surface area contributed by atoms with Crippen molar-refractivity contribution in [2.24, 2.45) is 5.92 Å². The number of halogens is 1. The fourth-order valence-corrected chi connectivity index (χ4v) is 3.79. The van der Waals surface area contributed by atoms with E-state index < -0.39 is 17.5 Å². The summed E-state index contributed by atoms with van der Waals surface area (Å²) in [7, 11) is 0. The van der Waals surface area contributed by atoms with Gasteiger partial charge in [-0.05, 0) is 42.9 Å². The van der Waals surface area contributed by atoms with Gasteiger partial charge in [-0.25, -0.2) is 9.18 Å². The molecule has 2 N–H and O–H groups in total. The zero-order valence-corrected chi connectivity index (χ0v) is 15.1. The van der Waals surface area contributed by atoms with E-state index >= 15 is 0 Å². The number of nitrogens with one attached hydrogen (secondary N) is 2. The summed E-state index contributed by atoms with van der Waals surface area (Å²) in [5.41, 5.74) is 0.290. The van der Waals surface area contributed by atoms with Crippen LogP contribution in [0.15, 0.2) is 18.2 Å². The highest BCUT2D eigenvalue weighted by molar-refractivity contribution is 6.09. The van der Waals surface area contributed by atoms with Crippen LogP contribution < -0.4 is 10.6 Å². The van der Waals surface area contributed by atoms with Crippen molar-refractivity contribution in [3.05, 3.63) is 35.1 Å². The molecule has 1 aromatic rings. The van der Waals surface area contributed by atoms with Crippen molar-refractivity contribution >= 4 is 17.8 Å². The molecule has 0 radical (unpaired) electrons. The maximum atomic E-state index is 13.6. The van der Waals surface area contributed by atoms with Gasteiger partial charge in [-0.15, -0.1) is 0 Å². The first-order valence-corrected chi connectivity index (χ1v) is 8.99. The van der Waals surface area contributed by atoms with Crippen molar-refractivity contribution in [3.8, 4) is 0 Å². The van der Waals surface area contributed by atoms with E-state index in [2.05, 4.69) is 10.6 Å². The summed E-state index contributed by atoms with van der Waals surface area (Å²) in [4.78, 5) is 38.3. The lowest BCUT2D eigenvalue weighted by Crippen LogP contribution is -2.54. The predicted octanol–water partition coefficient (Wildman–Crippen LogP) is 2.25. The van der Waals surface area contributed by atoms with Crippen LogP contribution in [0.25, 0.3) is 0 Å². The molecule has 3 rings (SSSR count). The van der Waals surface area contributed by atoms with Gasteiger partial charge in [-0.3, -0.25) is 14.5 Å². The first-order chi connectivity index (χ1) is 12.3. The minimum atomic E-state index is -0.865. The van der Waals surface area contributed by atoms with Gasteiger partial charge < -0.3 is 10.6 Å². The highest BCUT2D eigenvalue weighted by Crippen LogP contribution is 2.38. The quantitative estimate of drug-likeness (QED) is 0.808. The van der Waals surface area contributed by atoms with Crippen molar-refractivity contribution in [1.82, 2.24) is 15.5 Å². The van der Waals surface area contributed by atoms with Gasteiger partial charge in [0.1, 0.15) is 17.9 Å². The largest absolute Gasteiger partial charge is 0.350 e. The Morgan fingerprint density at radius 1 is 1.38 bits per heavy atom. The summed E-state index contributed by atoms with van der Waals surface area (Å²) in [6, 6.07) is 4.22. The minimum absolute atomic E-state index is 0.0521. The molecule has 1 saturated heterocycles. The third-order valence-electron chi connectivity index (χ3n) is 5.53. The Kier molecular flexibility index (Phi) is 4.98. The average molecular weight is 361 g/mol. The molecule has 1 aliphatic carbocycles. The van der Waals surface area contributed by atoms with Crippen molar-refractivity contribution in [3.63, 3.8) is 0 Å². The smallest absolute Gasteiger partial charge is 0.325 e. The Bertz CT molecular complexity index is 752. The molecule has 0 aromatic heterocycles. The van der Waals surface area contributed by atoms with E-state index in [9.17, 15) is 18.8 Å². The van der Waals surface area contributed by atoms with E-state index in [0.717, 1.165) is 24.2 Å². The first kappa shape index (κ1) is 18.4. The molecule has 2 fully saturated rings. The molecule has 6 nitrogen and oxygen atoms in total. The average Bonchev–Trinajstić information content (AvgIpc) is 2.84. The van der Waals surface area contributed by atoms with Crippen LogP contribution in [-0.2, 0) is 16.1 Å². The zero-order valence-electron chi connectivity index (χ0n) is 15.1. The second-order valence-electron chi connectivity index (χ2n) is 7.30. The maximum Gasteiger partial charge on any atom is 0.325 e. The normalized spacial score (nSPS) is 25.5. The highest BCUT2D eigenvalue weighted by Gasteiger charge is 2.55. The van der Waals surface area contributed by atoms with Crippen LogP contribution in [0.2, 0.25) is 0 Å². The fourth-order valence-electron chi connectivity index (χ4n) is 3.79. The van der Waals surface area contributed by atoms with Gasteiger partial charge in [0, 0.05) is 6.54 Å². The van der Waals surface area contributed by atoms with Crippen molar-refractivity contribution < 1.29 is 18.8 Å². The van der Waals surface area contributed by atoms with E-state index in [1.54, 1.807) is 19.1 Å². The van der Waals surface area contributed by atoms with Crippen molar-refractivity contribution in [1.29, 1.82) is 0 Å². The number of urea groups is 1. The van der Waals surface area contributed by atoms with Gasteiger partial charge in [0.2, 0.25) is 5.91 Å². The van der Waals surface area contributed by atoms with Crippen molar-refractivity contribution in [2.75, 3.05) is 6.54 Å². The van der Waals surface area contributed by atoms with Gasteiger partial charge >= 0.3 is 6.03 Å². The van der Waals surface area contributed by atoms with Gasteiger partial charge in [-0.2, -0.15) is 0 Å². The van der Waals surface area contributed by atoms with Crippen LogP contribution in [0.3, 0.4) is 0 Å². The first-order valence-electron chi connectivity index (χ1n) is 8.99. The Balaban J connectivity index is 1.61. The molecule has 1 aromatic carbocycles. The number of aryl methyl sites for hydroxylation is 1. The zero-order chi connectivity index (χ0) is 18.9. The summed E-state index contributed by atoms with van der Waals surface area (Å²) >= 11 is 0. The second kappa shape index (κ2) is 7.05. The molecule has 1 aliphatic heterocycles. The molecule has 2 aliphatic rings. The van der Waals surface area contributed by atoms with Crippen LogP contribution in [0.1, 0.15) is 43.7 Å². The number of carbonyl (C=O) groups excluding carboxylic acids is 3. The van der Waals surface area contributed by atoms with Crippen LogP contribution in [0, 0.1) is 18.7 Å². The molecular formula is C19H24FN3O3. The second-order valence-corrected chi connectivity index (χ2v) is 7.30. The van der Waals surface area contributed by atoms with Crippen molar-refractivity contribution in [2.45, 2.75) is 51.6 Å². The Hall–Kier alpha value is -2.44. The molecule has 1 heterocycles. The standard InChI is InChI=1S/C19H24FN3O3/c1-12-6-7-14(9-15(12)20)10-21-16(24)11-23-17(25)19(22-18(23)26)8-4-3-5-13(19)2/h6-7,9,13H,3-5,8,10-11H2,1-2H3,(H,21,24)(H,22,26)/t13-,19-/m0/s1. The number of hydrogen-bond donors (Lipinski definition) is 2. The molecule has 1 spiro atoms. The van der Waals surface area contributed by atoms with Crippen LogP contribution in [0.4, 0.5) is 9.18 Å². The topological polar surface area (TPSA) is 78.5 Å². The number of rotatable bonds is 4. The third-order valence-corrected chi connectivity index (χ3v) is 5.53. The van der Waals surface area contributed by atoms with Gasteiger partial charge in [0.15, 0.2) is 0 Å². The van der Waals surface area contributed by atoms with Crippen LogP contribution in [0.5, 0.6) is 0 Å². The number of nitrogens with zero attached hydrogens (tertiary/aromatic N) is 1. The number of carbonyl (C=O) groups is 3. The summed E-state index contributed by atoms with van der Waals surface area (Å²) in [6.07, 6.45) is 3.42. The monoisotopic (exact) mass is 361 g/mol. The van der Waals surface area contributed by atoms with E-state index in [4.69, 9.17) is 0 Å². The molecule has 0 bridgehead atoms. The lowest BCUT2D eigenvalue weighted by atomic mass is 9.73. The third kappa shape index (κ3) is 3.30. The summed E-state index contributed by atoms with van der Waals surface area (Å²) in [5, 5.41) is 5.46. The molecule has 7 heteroatoms. The summed E-state index contributed by atoms with van der Waals surface area (Å²) in [6.45, 7) is 3.44. The Morgan fingerprint density at radius 2 is 2.15 bits per heavy atom. The number of imide groups is 1. The van der Waals surface area contributed by atoms with Gasteiger partial charge in [0.05, 0.1) is 0 Å². The molecule has 140 valence electrons. The molecule has 26 heavy (non-hydrogen) atoms. The number of hydrogen-bond acceptors (Lipinski definition) is 3. The van der Waals surface area contributed by atoms with E-state index in [1.807, 2.05) is 6.92 Å². The fraction of sp³-hybridized carbons (Fsp3) is 0.526. The van der Waals surface area contributed by atoms with E-state index in [1.165, 1.54) is 6.07 Å². The van der Waals surface area contributed by atoms with E-state index in [0.29, 0.717) is 17.5 Å². The molecule has 4 amide bonds. The number of benzene rings is 1. The summed E-state index contributed by atoms with van der Waals surface area (Å²) in [5.74, 6) is -1.04. The molecule has 2 atom stereocenters. The highest BCUT2D eigenvalue weighted by atomic mass is 19.1. The maximum absolute atomic E-state index is 13.6. The van der Waals surface area contributed by atoms with Crippen LogP contribution in [-0.4, -0.2) is 34.8 Å². The lowest BCUT2D eigenvalue weighted by molar-refractivity contribution is -0.137. The van der Waals surface area contributed by atoms with Gasteiger partial charge in [0.25, 0.3) is 5.91 Å². The Labute approximate surface area is 152 Å². The van der Waals surface area contributed by atoms with E-state index in [-0.39, 0.29) is 30.7 Å². The SMILES string of the molecule is Cc1ccc(CNC(=O)CN2C(=O)N[C@]3(CCCC[C@@H]3C)C2=O)cc1F. The number of amides is 4. The van der Waals surface area contributed by atoms with Crippen LogP contribution >= 0.6 is 0 Å². The summed E-state index contributed by atoms with van der Waals surface area (Å²) < 4.78 is 13.6. The predicted molar refractivity (Wildman–Crippen MR) is 93.6 cm³/mol. The lowest BCUT2D eigenvalue weighted by Gasteiger charge is -2.36. The Morgan fingerprint density at radius 3 is 2.85 bits per heavy atom. The molecule has 0 unspecified atom stereocenters. The minimum Gasteiger partial charge on any atom is -0.350 e. The van der Waals surface area contributed by atoms with Gasteiger partial charge in [-0.1, -0.05) is 31.9 Å².